The zero-order valence-corrected chi connectivity index (χ0v) is 13.2. The number of rotatable bonds is 4. The summed E-state index contributed by atoms with van der Waals surface area (Å²) < 4.78 is 1.97. The van der Waals surface area contributed by atoms with E-state index in [4.69, 9.17) is 0 Å². The predicted molar refractivity (Wildman–Crippen MR) is 92.0 cm³/mol. The second-order valence-electron chi connectivity index (χ2n) is 5.36. The molecule has 0 atom stereocenters. The molecule has 3 rings (SSSR count). The van der Waals surface area contributed by atoms with Crippen LogP contribution < -0.4 is 5.32 Å². The normalized spacial score (nSPS) is 10.7. The molecule has 4 nitrogen and oxygen atoms in total. The lowest BCUT2D eigenvalue weighted by atomic mass is 10.1. The Bertz CT molecular complexity index is 879. The van der Waals surface area contributed by atoms with Crippen molar-refractivity contribution in [1.29, 1.82) is 0 Å². The molecule has 0 bridgehead atoms. The van der Waals surface area contributed by atoms with E-state index in [0.717, 1.165) is 10.9 Å². The van der Waals surface area contributed by atoms with Gasteiger partial charge in [-0.1, -0.05) is 36.4 Å². The van der Waals surface area contributed by atoms with Crippen LogP contribution in [0.3, 0.4) is 0 Å². The molecular formula is C19H18N2O2. The first kappa shape index (κ1) is 15.0. The van der Waals surface area contributed by atoms with Gasteiger partial charge in [0.1, 0.15) is 5.82 Å². The number of ketones is 1. The minimum atomic E-state index is -0.217. The Morgan fingerprint density at radius 3 is 2.30 bits per heavy atom. The highest BCUT2D eigenvalue weighted by atomic mass is 16.2. The maximum Gasteiger partial charge on any atom is 0.256 e. The summed E-state index contributed by atoms with van der Waals surface area (Å²) in [6.45, 7) is 4.19. The number of nitrogens with one attached hydrogen (secondary N) is 1. The van der Waals surface area contributed by atoms with Crippen molar-refractivity contribution in [1.82, 2.24) is 4.57 Å². The first-order valence-electron chi connectivity index (χ1n) is 7.62. The van der Waals surface area contributed by atoms with Gasteiger partial charge in [-0.15, -0.1) is 0 Å². The van der Waals surface area contributed by atoms with Crippen molar-refractivity contribution in [3.63, 3.8) is 0 Å². The van der Waals surface area contributed by atoms with Crippen molar-refractivity contribution in [2.45, 2.75) is 20.4 Å². The highest BCUT2D eigenvalue weighted by molar-refractivity contribution is 6.15. The first-order chi connectivity index (χ1) is 11.1. The summed E-state index contributed by atoms with van der Waals surface area (Å²) >= 11 is 0. The van der Waals surface area contributed by atoms with E-state index < -0.39 is 0 Å². The molecule has 1 aromatic heterocycles. The van der Waals surface area contributed by atoms with Crippen molar-refractivity contribution < 1.29 is 9.59 Å². The molecule has 23 heavy (non-hydrogen) atoms. The number of hydrogen-bond acceptors (Lipinski definition) is 2. The minimum Gasteiger partial charge on any atom is -0.327 e. The van der Waals surface area contributed by atoms with Crippen LogP contribution in [-0.2, 0) is 6.54 Å². The van der Waals surface area contributed by atoms with Crippen LogP contribution in [0.15, 0.2) is 54.6 Å². The lowest BCUT2D eigenvalue weighted by Gasteiger charge is -2.11. The van der Waals surface area contributed by atoms with Crippen LogP contribution in [0, 0.1) is 0 Å². The number of amides is 1. The number of nitrogens with zero attached hydrogens (tertiary/aromatic N) is 1. The van der Waals surface area contributed by atoms with E-state index in [1.807, 2.05) is 54.0 Å². The quantitative estimate of drug-likeness (QED) is 0.737. The van der Waals surface area contributed by atoms with E-state index >= 15 is 0 Å². The number of aryl methyl sites for hydroxylation is 1. The maximum atomic E-state index is 12.5. The van der Waals surface area contributed by atoms with Crippen molar-refractivity contribution >= 4 is 28.4 Å². The van der Waals surface area contributed by atoms with Crippen LogP contribution in [-0.4, -0.2) is 16.3 Å². The molecule has 0 radical (unpaired) electrons. The van der Waals surface area contributed by atoms with Crippen molar-refractivity contribution in [2.75, 3.05) is 5.32 Å². The van der Waals surface area contributed by atoms with Gasteiger partial charge in [0.25, 0.3) is 5.91 Å². The van der Waals surface area contributed by atoms with E-state index in [1.165, 1.54) is 6.92 Å². The van der Waals surface area contributed by atoms with Gasteiger partial charge in [0, 0.05) is 17.5 Å². The number of para-hydroxylation sites is 1. The fourth-order valence-electron chi connectivity index (χ4n) is 2.89. The molecular weight excluding hydrogens is 288 g/mol. The highest BCUT2D eigenvalue weighted by Gasteiger charge is 2.21. The second-order valence-corrected chi connectivity index (χ2v) is 5.36. The Morgan fingerprint density at radius 2 is 1.65 bits per heavy atom. The molecule has 2 aromatic carbocycles. The smallest absolute Gasteiger partial charge is 0.256 e. The Balaban J connectivity index is 2.14. The standard InChI is InChI=1S/C19H18N2O2/c1-3-21-16-12-8-7-11-15(16)17(13(2)22)18(21)20-19(23)14-9-5-4-6-10-14/h4-12H,3H2,1-2H3,(H,20,23). The monoisotopic (exact) mass is 306 g/mol. The Kier molecular flexibility index (Phi) is 3.98. The summed E-state index contributed by atoms with van der Waals surface area (Å²) in [6, 6.07) is 16.7. The fraction of sp³-hybridized carbons (Fsp3) is 0.158. The Hall–Kier alpha value is -2.88. The van der Waals surface area contributed by atoms with Crippen LogP contribution in [0.25, 0.3) is 10.9 Å². The molecule has 116 valence electrons. The van der Waals surface area contributed by atoms with Gasteiger partial charge in [-0.05, 0) is 32.0 Å². The maximum absolute atomic E-state index is 12.5. The fourth-order valence-corrected chi connectivity index (χ4v) is 2.89. The molecule has 0 unspecified atom stereocenters. The third-order valence-corrected chi connectivity index (χ3v) is 3.91. The van der Waals surface area contributed by atoms with Crippen LogP contribution in [0.4, 0.5) is 5.82 Å². The Labute approximate surface area is 134 Å². The first-order valence-corrected chi connectivity index (χ1v) is 7.62. The molecule has 0 aliphatic heterocycles. The summed E-state index contributed by atoms with van der Waals surface area (Å²) in [5.74, 6) is 0.289. The van der Waals surface area contributed by atoms with Gasteiger partial charge in [-0.2, -0.15) is 0 Å². The number of fused-ring (bicyclic) bond motifs is 1. The molecule has 0 aliphatic carbocycles. The van der Waals surface area contributed by atoms with E-state index in [9.17, 15) is 9.59 Å². The lowest BCUT2D eigenvalue weighted by molar-refractivity contribution is 0.102. The topological polar surface area (TPSA) is 51.1 Å². The number of benzene rings is 2. The van der Waals surface area contributed by atoms with E-state index in [0.29, 0.717) is 23.5 Å². The van der Waals surface area contributed by atoms with Crippen LogP contribution in [0.5, 0.6) is 0 Å². The van der Waals surface area contributed by atoms with Crippen molar-refractivity contribution in [2.24, 2.45) is 0 Å². The molecule has 1 N–H and O–H groups in total. The molecule has 0 saturated heterocycles. The molecule has 0 saturated carbocycles. The van der Waals surface area contributed by atoms with Gasteiger partial charge in [-0.3, -0.25) is 9.59 Å². The third kappa shape index (κ3) is 2.63. The summed E-state index contributed by atoms with van der Waals surface area (Å²) in [6.07, 6.45) is 0. The number of Topliss-reactive ketones (excluding diaryl/α,β-unsaturated/α-hetero) is 1. The average molecular weight is 306 g/mol. The largest absolute Gasteiger partial charge is 0.327 e. The van der Waals surface area contributed by atoms with Crippen molar-refractivity contribution in [3.8, 4) is 0 Å². The van der Waals surface area contributed by atoms with E-state index in [-0.39, 0.29) is 11.7 Å². The predicted octanol–water partition coefficient (Wildman–Crippen LogP) is 4.12. The van der Waals surface area contributed by atoms with E-state index in [2.05, 4.69) is 5.32 Å². The van der Waals surface area contributed by atoms with Gasteiger partial charge in [0.15, 0.2) is 5.78 Å². The number of aromatic nitrogens is 1. The van der Waals surface area contributed by atoms with Crippen LogP contribution in [0.1, 0.15) is 34.6 Å². The summed E-state index contributed by atoms with van der Waals surface area (Å²) in [5.41, 5.74) is 2.07. The molecule has 0 spiro atoms. The average Bonchev–Trinajstić information content (AvgIpc) is 2.88. The second kappa shape index (κ2) is 6.08. The molecule has 1 amide bonds. The van der Waals surface area contributed by atoms with Gasteiger partial charge in [-0.25, -0.2) is 0 Å². The number of carbonyl (C=O) groups is 2. The zero-order chi connectivity index (χ0) is 16.4. The van der Waals surface area contributed by atoms with Gasteiger partial charge >= 0.3 is 0 Å². The lowest BCUT2D eigenvalue weighted by Crippen LogP contribution is -2.16. The van der Waals surface area contributed by atoms with Gasteiger partial charge in [0.05, 0.1) is 11.1 Å². The molecule has 0 fully saturated rings. The number of anilines is 1. The molecule has 0 aliphatic rings. The number of hydrogen-bond donors (Lipinski definition) is 1. The van der Waals surface area contributed by atoms with Crippen LogP contribution >= 0.6 is 0 Å². The van der Waals surface area contributed by atoms with Gasteiger partial charge < -0.3 is 9.88 Å². The Morgan fingerprint density at radius 1 is 1.00 bits per heavy atom. The van der Waals surface area contributed by atoms with Gasteiger partial charge in [0.2, 0.25) is 0 Å². The van der Waals surface area contributed by atoms with Crippen molar-refractivity contribution in [3.05, 3.63) is 65.7 Å². The summed E-state index contributed by atoms with van der Waals surface area (Å²) in [4.78, 5) is 24.7. The summed E-state index contributed by atoms with van der Waals surface area (Å²) in [7, 11) is 0. The zero-order valence-electron chi connectivity index (χ0n) is 13.2. The van der Waals surface area contributed by atoms with Crippen LogP contribution in [0.2, 0.25) is 0 Å². The highest BCUT2D eigenvalue weighted by Crippen LogP contribution is 2.31. The SMILES string of the molecule is CCn1c(NC(=O)c2ccccc2)c(C(C)=O)c2ccccc21. The molecule has 1 heterocycles. The summed E-state index contributed by atoms with van der Waals surface area (Å²) in [5, 5.41) is 3.79. The molecule has 4 heteroatoms. The van der Waals surface area contributed by atoms with E-state index in [1.54, 1.807) is 12.1 Å². The third-order valence-electron chi connectivity index (χ3n) is 3.91. The number of carbonyl (C=O) groups excluding carboxylic acids is 2. The molecule has 3 aromatic rings. The minimum absolute atomic E-state index is 0.0586.